The highest BCUT2D eigenvalue weighted by molar-refractivity contribution is 6.14. The zero-order valence-corrected chi connectivity index (χ0v) is 10.1. The fraction of sp³-hybridized carbons (Fsp3) is 0.364. The van der Waals surface area contributed by atoms with Crippen LogP contribution in [0, 0.1) is 0 Å². The molecular formula is C11H14N2O5. The van der Waals surface area contributed by atoms with E-state index in [4.69, 9.17) is 9.47 Å². The van der Waals surface area contributed by atoms with Crippen molar-refractivity contribution in [2.45, 2.75) is 13.8 Å². The van der Waals surface area contributed by atoms with Gasteiger partial charge in [0.1, 0.15) is 6.26 Å². The smallest absolute Gasteiger partial charge is 0.347 e. The Kier molecular flexibility index (Phi) is 5.43. The van der Waals surface area contributed by atoms with Gasteiger partial charge in [0.25, 0.3) is 0 Å². The summed E-state index contributed by atoms with van der Waals surface area (Å²) >= 11 is 0. The van der Waals surface area contributed by atoms with Crippen LogP contribution < -0.4 is 5.32 Å². The van der Waals surface area contributed by atoms with E-state index in [0.717, 1.165) is 0 Å². The molecule has 7 heteroatoms. The first-order valence-corrected chi connectivity index (χ1v) is 5.40. The standard InChI is InChI=1S/C11H14N2O5/c1-3-16-10(14)8(11(15)17-4-2)7-12-9-5-6-18-13-9/h5-7H,3-4H2,1-2H3,(H,12,13). The van der Waals surface area contributed by atoms with Gasteiger partial charge in [-0.1, -0.05) is 5.16 Å². The summed E-state index contributed by atoms with van der Waals surface area (Å²) < 4.78 is 14.1. The Bertz CT molecular complexity index is 405. The van der Waals surface area contributed by atoms with E-state index in [0.29, 0.717) is 5.82 Å². The van der Waals surface area contributed by atoms with Gasteiger partial charge in [-0.25, -0.2) is 9.59 Å². The van der Waals surface area contributed by atoms with Gasteiger partial charge in [-0.3, -0.25) is 0 Å². The number of esters is 2. The number of carbonyl (C=O) groups excluding carboxylic acids is 2. The largest absolute Gasteiger partial charge is 0.462 e. The molecule has 1 rings (SSSR count). The Labute approximate surface area is 104 Å². The monoisotopic (exact) mass is 254 g/mol. The van der Waals surface area contributed by atoms with E-state index in [2.05, 4.69) is 15.0 Å². The predicted octanol–water partition coefficient (Wildman–Crippen LogP) is 1.10. The number of hydrogen-bond acceptors (Lipinski definition) is 7. The Morgan fingerprint density at radius 1 is 1.33 bits per heavy atom. The normalized spacial score (nSPS) is 9.44. The first-order valence-electron chi connectivity index (χ1n) is 5.40. The molecule has 0 fully saturated rings. The van der Waals surface area contributed by atoms with Crippen molar-refractivity contribution >= 4 is 17.8 Å². The van der Waals surface area contributed by atoms with E-state index in [-0.39, 0.29) is 18.8 Å². The molecule has 0 amide bonds. The number of anilines is 1. The number of carbonyl (C=O) groups is 2. The number of hydrogen-bond donors (Lipinski definition) is 1. The zero-order chi connectivity index (χ0) is 13.4. The summed E-state index contributed by atoms with van der Waals surface area (Å²) in [5.41, 5.74) is -0.235. The molecular weight excluding hydrogens is 240 g/mol. The number of nitrogens with one attached hydrogen (secondary N) is 1. The summed E-state index contributed by atoms with van der Waals surface area (Å²) in [6, 6.07) is 1.53. The van der Waals surface area contributed by atoms with E-state index in [1.165, 1.54) is 18.5 Å². The Morgan fingerprint density at radius 2 is 1.94 bits per heavy atom. The van der Waals surface area contributed by atoms with Crippen LogP contribution in [-0.2, 0) is 19.1 Å². The summed E-state index contributed by atoms with van der Waals surface area (Å²) in [6.45, 7) is 3.62. The lowest BCUT2D eigenvalue weighted by Gasteiger charge is -2.06. The molecule has 0 aliphatic carbocycles. The lowest BCUT2D eigenvalue weighted by atomic mass is 10.3. The summed E-state index contributed by atoms with van der Waals surface area (Å²) in [7, 11) is 0. The zero-order valence-electron chi connectivity index (χ0n) is 10.1. The highest BCUT2D eigenvalue weighted by Gasteiger charge is 2.20. The summed E-state index contributed by atoms with van der Waals surface area (Å²) in [5.74, 6) is -1.15. The highest BCUT2D eigenvalue weighted by atomic mass is 16.6. The van der Waals surface area contributed by atoms with Gasteiger partial charge in [-0.2, -0.15) is 0 Å². The minimum absolute atomic E-state index is 0.166. The molecule has 0 saturated heterocycles. The fourth-order valence-electron chi connectivity index (χ4n) is 1.05. The third-order valence-electron chi connectivity index (χ3n) is 1.79. The molecule has 1 N–H and O–H groups in total. The lowest BCUT2D eigenvalue weighted by molar-refractivity contribution is -0.146. The fourth-order valence-corrected chi connectivity index (χ4v) is 1.05. The van der Waals surface area contributed by atoms with Crippen molar-refractivity contribution in [1.29, 1.82) is 0 Å². The average Bonchev–Trinajstić information content (AvgIpc) is 2.83. The van der Waals surface area contributed by atoms with Gasteiger partial charge in [0.15, 0.2) is 11.4 Å². The molecule has 18 heavy (non-hydrogen) atoms. The SMILES string of the molecule is CCOC(=O)C(=CNc1ccon1)C(=O)OCC. The minimum atomic E-state index is -0.757. The van der Waals surface area contributed by atoms with Crippen LogP contribution in [0.2, 0.25) is 0 Å². The minimum Gasteiger partial charge on any atom is -0.462 e. The molecule has 0 radical (unpaired) electrons. The van der Waals surface area contributed by atoms with Gasteiger partial charge in [0.2, 0.25) is 0 Å². The van der Waals surface area contributed by atoms with Crippen molar-refractivity contribution in [3.8, 4) is 0 Å². The molecule has 1 aromatic rings. The highest BCUT2D eigenvalue weighted by Crippen LogP contribution is 2.06. The van der Waals surface area contributed by atoms with E-state index < -0.39 is 11.9 Å². The Hall–Kier alpha value is -2.31. The second kappa shape index (κ2) is 7.10. The number of rotatable bonds is 6. The molecule has 98 valence electrons. The molecule has 1 aromatic heterocycles. The summed E-state index contributed by atoms with van der Waals surface area (Å²) in [4.78, 5) is 23.1. The van der Waals surface area contributed by atoms with Crippen LogP contribution in [0.25, 0.3) is 0 Å². The van der Waals surface area contributed by atoms with Gasteiger partial charge in [0, 0.05) is 12.3 Å². The van der Waals surface area contributed by atoms with E-state index in [9.17, 15) is 9.59 Å². The Balaban J connectivity index is 2.78. The van der Waals surface area contributed by atoms with Crippen LogP contribution >= 0.6 is 0 Å². The molecule has 0 aliphatic rings. The van der Waals surface area contributed by atoms with Crippen LogP contribution in [0.1, 0.15) is 13.8 Å². The molecule has 1 heterocycles. The van der Waals surface area contributed by atoms with E-state index in [1.54, 1.807) is 13.8 Å². The maximum Gasteiger partial charge on any atom is 0.347 e. The van der Waals surface area contributed by atoms with Crippen LogP contribution in [-0.4, -0.2) is 30.3 Å². The molecule has 0 aromatic carbocycles. The number of ether oxygens (including phenoxy) is 2. The van der Waals surface area contributed by atoms with Crippen LogP contribution in [0.3, 0.4) is 0 Å². The van der Waals surface area contributed by atoms with Crippen molar-refractivity contribution in [2.75, 3.05) is 18.5 Å². The van der Waals surface area contributed by atoms with Gasteiger partial charge in [0.05, 0.1) is 13.2 Å². The second-order valence-corrected chi connectivity index (χ2v) is 3.03. The summed E-state index contributed by atoms with van der Waals surface area (Å²) in [5, 5.41) is 6.20. The molecule has 0 atom stereocenters. The predicted molar refractivity (Wildman–Crippen MR) is 61.5 cm³/mol. The van der Waals surface area contributed by atoms with Crippen LogP contribution in [0.4, 0.5) is 5.82 Å². The van der Waals surface area contributed by atoms with Gasteiger partial charge in [-0.15, -0.1) is 0 Å². The molecule has 7 nitrogen and oxygen atoms in total. The van der Waals surface area contributed by atoms with Crippen LogP contribution in [0.15, 0.2) is 28.6 Å². The maximum atomic E-state index is 11.5. The second-order valence-electron chi connectivity index (χ2n) is 3.03. The van der Waals surface area contributed by atoms with Gasteiger partial charge in [-0.05, 0) is 13.8 Å². The third kappa shape index (κ3) is 3.93. The molecule has 0 aliphatic heterocycles. The number of nitrogens with zero attached hydrogens (tertiary/aromatic N) is 1. The molecule has 0 bridgehead atoms. The van der Waals surface area contributed by atoms with Crippen molar-refractivity contribution in [2.24, 2.45) is 0 Å². The third-order valence-corrected chi connectivity index (χ3v) is 1.79. The topological polar surface area (TPSA) is 90.7 Å². The summed E-state index contributed by atoms with van der Waals surface area (Å²) in [6.07, 6.45) is 2.53. The van der Waals surface area contributed by atoms with Gasteiger partial charge < -0.3 is 19.3 Å². The molecule has 0 spiro atoms. The van der Waals surface area contributed by atoms with Gasteiger partial charge >= 0.3 is 11.9 Å². The van der Waals surface area contributed by atoms with Crippen molar-refractivity contribution < 1.29 is 23.6 Å². The maximum absolute atomic E-state index is 11.5. The molecule has 0 saturated carbocycles. The first kappa shape index (κ1) is 13.8. The lowest BCUT2D eigenvalue weighted by Crippen LogP contribution is -2.19. The van der Waals surface area contributed by atoms with Crippen molar-refractivity contribution in [3.05, 3.63) is 24.1 Å². The van der Waals surface area contributed by atoms with E-state index in [1.807, 2.05) is 0 Å². The average molecular weight is 254 g/mol. The van der Waals surface area contributed by atoms with Crippen molar-refractivity contribution in [3.63, 3.8) is 0 Å². The Morgan fingerprint density at radius 3 is 2.39 bits per heavy atom. The van der Waals surface area contributed by atoms with Crippen LogP contribution in [0.5, 0.6) is 0 Å². The van der Waals surface area contributed by atoms with Crippen molar-refractivity contribution in [1.82, 2.24) is 5.16 Å². The van der Waals surface area contributed by atoms with E-state index >= 15 is 0 Å². The molecule has 0 unspecified atom stereocenters. The number of aromatic nitrogens is 1. The quantitative estimate of drug-likeness (QED) is 0.351. The first-order chi connectivity index (χ1) is 8.69.